The van der Waals surface area contributed by atoms with E-state index in [9.17, 15) is 14.7 Å². The number of ketones is 1. The number of anilines is 1. The number of hydrogen-bond donors (Lipinski definition) is 1. The number of nitrogens with zero attached hydrogens (tertiary/aromatic N) is 3. The van der Waals surface area contributed by atoms with Crippen molar-refractivity contribution < 1.29 is 19.4 Å². The molecule has 0 spiro atoms. The van der Waals surface area contributed by atoms with E-state index >= 15 is 0 Å². The number of unbranched alkanes of at least 4 members (excludes halogenated alkanes) is 1. The number of thioether (sulfide) groups is 1. The van der Waals surface area contributed by atoms with Crippen LogP contribution in [0.4, 0.5) is 5.13 Å². The summed E-state index contributed by atoms with van der Waals surface area (Å²) in [4.78, 5) is 28.2. The van der Waals surface area contributed by atoms with Crippen LogP contribution in [0, 0.1) is 0 Å². The van der Waals surface area contributed by atoms with E-state index < -0.39 is 17.7 Å². The van der Waals surface area contributed by atoms with Crippen molar-refractivity contribution in [1.29, 1.82) is 0 Å². The summed E-state index contributed by atoms with van der Waals surface area (Å²) in [6.07, 6.45) is 1.95. The number of carbonyl (C=O) groups is 2. The van der Waals surface area contributed by atoms with Gasteiger partial charge in [-0.15, -0.1) is 10.2 Å². The van der Waals surface area contributed by atoms with Gasteiger partial charge in [-0.1, -0.05) is 106 Å². The van der Waals surface area contributed by atoms with Crippen LogP contribution in [0.25, 0.3) is 5.76 Å². The van der Waals surface area contributed by atoms with Crippen molar-refractivity contribution in [3.8, 4) is 5.75 Å². The van der Waals surface area contributed by atoms with Gasteiger partial charge in [-0.05, 0) is 47.9 Å². The molecule has 0 saturated carbocycles. The Bertz CT molecular complexity index is 1590. The Hall–Kier alpha value is -3.18. The lowest BCUT2D eigenvalue weighted by Gasteiger charge is -2.22. The van der Waals surface area contributed by atoms with E-state index in [4.69, 9.17) is 16.3 Å². The van der Waals surface area contributed by atoms with Crippen LogP contribution < -0.4 is 9.64 Å². The van der Waals surface area contributed by atoms with Gasteiger partial charge < -0.3 is 9.84 Å². The van der Waals surface area contributed by atoms with Crippen molar-refractivity contribution in [3.05, 3.63) is 105 Å². The first-order valence-corrected chi connectivity index (χ1v) is 15.8. The molecule has 5 rings (SSSR count). The molecule has 0 bridgehead atoms. The summed E-state index contributed by atoms with van der Waals surface area (Å²) >= 11 is 12.3. The Morgan fingerprint density at radius 3 is 2.51 bits per heavy atom. The molecule has 210 valence electrons. The van der Waals surface area contributed by atoms with E-state index in [1.807, 2.05) is 24.3 Å². The Balaban J connectivity index is 1.51. The van der Waals surface area contributed by atoms with Gasteiger partial charge >= 0.3 is 5.91 Å². The molecule has 41 heavy (non-hydrogen) atoms. The molecule has 11 heteroatoms. The van der Waals surface area contributed by atoms with Gasteiger partial charge in [0.25, 0.3) is 5.78 Å². The fourth-order valence-corrected chi connectivity index (χ4v) is 6.72. The molecule has 2 heterocycles. The average molecular weight is 671 g/mol. The van der Waals surface area contributed by atoms with Crippen molar-refractivity contribution in [3.63, 3.8) is 0 Å². The standard InChI is InChI=1S/C30H25BrClN3O4S2/c1-2-3-16-39-22-14-10-18(11-15-22)25-24(26(36)19-8-12-21(31)13-9-19)27(37)28(38)35(25)29-33-34-30(41-29)40-17-20-6-4-5-7-23(20)32/h4-15,25,36H,2-3,16-17H2,1H3/b26-24-. The topological polar surface area (TPSA) is 92.6 Å². The molecule has 1 saturated heterocycles. The van der Waals surface area contributed by atoms with E-state index in [1.54, 1.807) is 48.5 Å². The van der Waals surface area contributed by atoms with E-state index in [0.717, 1.165) is 22.9 Å². The molecule has 4 aromatic rings. The molecule has 0 aliphatic carbocycles. The fourth-order valence-electron chi connectivity index (χ4n) is 4.30. The highest BCUT2D eigenvalue weighted by Gasteiger charge is 2.48. The van der Waals surface area contributed by atoms with E-state index in [0.29, 0.717) is 38.6 Å². The normalized spacial score (nSPS) is 16.4. The molecule has 3 aromatic carbocycles. The lowest BCUT2D eigenvalue weighted by atomic mass is 9.95. The maximum atomic E-state index is 13.5. The second-order valence-corrected chi connectivity index (χ2v) is 12.7. The van der Waals surface area contributed by atoms with Crippen LogP contribution in [0.5, 0.6) is 5.75 Å². The number of halogens is 2. The molecule has 1 atom stereocenters. The molecule has 1 fully saturated rings. The van der Waals surface area contributed by atoms with Gasteiger partial charge in [0.05, 0.1) is 18.2 Å². The van der Waals surface area contributed by atoms with Crippen LogP contribution in [0.1, 0.15) is 42.5 Å². The van der Waals surface area contributed by atoms with Gasteiger partial charge in [-0.3, -0.25) is 14.5 Å². The van der Waals surface area contributed by atoms with E-state index in [1.165, 1.54) is 28.0 Å². The van der Waals surface area contributed by atoms with Crippen LogP contribution >= 0.6 is 50.6 Å². The number of hydrogen-bond acceptors (Lipinski definition) is 8. The van der Waals surface area contributed by atoms with E-state index in [-0.39, 0.29) is 16.5 Å². The monoisotopic (exact) mass is 669 g/mol. The third-order valence-electron chi connectivity index (χ3n) is 6.44. The number of benzene rings is 3. The first-order valence-electron chi connectivity index (χ1n) is 12.9. The minimum absolute atomic E-state index is 0.0163. The van der Waals surface area contributed by atoms with Crippen molar-refractivity contribution in [2.24, 2.45) is 0 Å². The second-order valence-electron chi connectivity index (χ2n) is 9.18. The zero-order chi connectivity index (χ0) is 28.9. The quantitative estimate of drug-likeness (QED) is 0.0456. The number of aliphatic hydroxyl groups excluding tert-OH is 1. The highest BCUT2D eigenvalue weighted by atomic mass is 79.9. The minimum atomic E-state index is -0.905. The Labute approximate surface area is 259 Å². The zero-order valence-corrected chi connectivity index (χ0v) is 25.9. The molecule has 1 N–H and O–H groups in total. The fraction of sp³-hybridized carbons (Fsp3) is 0.200. The van der Waals surface area contributed by atoms with Crippen LogP contribution in [0.15, 0.2) is 87.2 Å². The molecule has 1 amide bonds. The van der Waals surface area contributed by atoms with Crippen LogP contribution in [-0.4, -0.2) is 33.6 Å². The predicted molar refractivity (Wildman–Crippen MR) is 167 cm³/mol. The largest absolute Gasteiger partial charge is 0.507 e. The number of rotatable bonds is 10. The highest BCUT2D eigenvalue weighted by Crippen LogP contribution is 2.44. The number of aliphatic hydroxyl groups is 1. The van der Waals surface area contributed by atoms with Crippen molar-refractivity contribution in [2.45, 2.75) is 35.9 Å². The highest BCUT2D eigenvalue weighted by molar-refractivity contribution is 9.10. The second kappa shape index (κ2) is 13.2. The number of Topliss-reactive ketones (excluding diaryl/α,β-unsaturated/α-hetero) is 1. The van der Waals surface area contributed by atoms with Crippen molar-refractivity contribution in [2.75, 3.05) is 11.5 Å². The van der Waals surface area contributed by atoms with Crippen molar-refractivity contribution in [1.82, 2.24) is 10.2 Å². The first kappa shape index (κ1) is 29.3. The first-order chi connectivity index (χ1) is 19.9. The van der Waals surface area contributed by atoms with Crippen molar-refractivity contribution >= 4 is 73.2 Å². The summed E-state index contributed by atoms with van der Waals surface area (Å²) in [6.45, 7) is 2.69. The van der Waals surface area contributed by atoms with Gasteiger partial charge in [0, 0.05) is 20.8 Å². The third-order valence-corrected chi connectivity index (χ3v) is 9.44. The Kier molecular flexibility index (Phi) is 9.44. The molecular formula is C30H25BrClN3O4S2. The Morgan fingerprint density at radius 2 is 1.80 bits per heavy atom. The molecule has 0 radical (unpaired) electrons. The average Bonchev–Trinajstić information content (AvgIpc) is 3.55. The molecule has 1 aliphatic rings. The van der Waals surface area contributed by atoms with E-state index in [2.05, 4.69) is 33.1 Å². The molecule has 1 aliphatic heterocycles. The number of carbonyl (C=O) groups excluding carboxylic acids is 2. The molecule has 7 nitrogen and oxygen atoms in total. The van der Waals surface area contributed by atoms with Crippen LogP contribution in [0.3, 0.4) is 0 Å². The lowest BCUT2D eigenvalue weighted by molar-refractivity contribution is -0.132. The summed E-state index contributed by atoms with van der Waals surface area (Å²) in [5.41, 5.74) is 1.99. The maximum absolute atomic E-state index is 13.5. The Morgan fingerprint density at radius 1 is 1.07 bits per heavy atom. The molecular weight excluding hydrogens is 646 g/mol. The summed E-state index contributed by atoms with van der Waals surface area (Å²) in [7, 11) is 0. The van der Waals surface area contributed by atoms with Gasteiger partial charge in [0.1, 0.15) is 11.5 Å². The third kappa shape index (κ3) is 6.51. The van der Waals surface area contributed by atoms with Crippen LogP contribution in [-0.2, 0) is 15.3 Å². The van der Waals surface area contributed by atoms with Gasteiger partial charge in [0.2, 0.25) is 5.13 Å². The minimum Gasteiger partial charge on any atom is -0.507 e. The lowest BCUT2D eigenvalue weighted by Crippen LogP contribution is -2.29. The van der Waals surface area contributed by atoms with Crippen LogP contribution in [0.2, 0.25) is 5.02 Å². The maximum Gasteiger partial charge on any atom is 0.301 e. The summed E-state index contributed by atoms with van der Waals surface area (Å²) in [6, 6.07) is 20.7. The van der Waals surface area contributed by atoms with Gasteiger partial charge in [-0.2, -0.15) is 0 Å². The number of ether oxygens (including phenoxy) is 1. The SMILES string of the molecule is CCCCOc1ccc(C2/C(=C(/O)c3ccc(Br)cc3)C(=O)C(=O)N2c2nnc(SCc3ccccc3Cl)s2)cc1. The smallest absolute Gasteiger partial charge is 0.301 e. The van der Waals surface area contributed by atoms with Gasteiger partial charge in [-0.25, -0.2) is 0 Å². The summed E-state index contributed by atoms with van der Waals surface area (Å²) in [5.74, 6) is -0.583. The predicted octanol–water partition coefficient (Wildman–Crippen LogP) is 8.05. The molecule has 1 aromatic heterocycles. The molecule has 1 unspecified atom stereocenters. The summed E-state index contributed by atoms with van der Waals surface area (Å²) in [5, 5.41) is 20.8. The summed E-state index contributed by atoms with van der Waals surface area (Å²) < 4.78 is 7.24. The number of amides is 1. The zero-order valence-electron chi connectivity index (χ0n) is 21.9. The van der Waals surface area contributed by atoms with Gasteiger partial charge in [0.15, 0.2) is 4.34 Å². The number of aromatic nitrogens is 2.